The maximum Gasteiger partial charge on any atom is 0.238 e. The van der Waals surface area contributed by atoms with Crippen LogP contribution in [0, 0.1) is 12.8 Å². The number of benzene rings is 2. The minimum atomic E-state index is -0.0670. The van der Waals surface area contributed by atoms with Gasteiger partial charge >= 0.3 is 0 Å². The summed E-state index contributed by atoms with van der Waals surface area (Å²) in [6, 6.07) is 16.0. The van der Waals surface area contributed by atoms with E-state index in [1.165, 1.54) is 0 Å². The van der Waals surface area contributed by atoms with Gasteiger partial charge in [-0.25, -0.2) is 0 Å². The first-order valence-corrected chi connectivity index (χ1v) is 10.6. The highest BCUT2D eigenvalue weighted by Gasteiger charge is 2.34. The Kier molecular flexibility index (Phi) is 5.21. The fraction of sp³-hybridized carbons (Fsp3) is 0.364. The average molecular weight is 381 g/mol. The van der Waals surface area contributed by atoms with Gasteiger partial charge in [0, 0.05) is 17.3 Å². The molecule has 0 unspecified atom stereocenters. The van der Waals surface area contributed by atoms with Gasteiger partial charge in [0.1, 0.15) is 5.37 Å². The lowest BCUT2D eigenvalue weighted by Gasteiger charge is -2.25. The Labute approximate surface area is 164 Å². The fourth-order valence-electron chi connectivity index (χ4n) is 3.93. The summed E-state index contributed by atoms with van der Waals surface area (Å²) in [6.45, 7) is 2.03. The Morgan fingerprint density at radius 1 is 1.11 bits per heavy atom. The van der Waals surface area contributed by atoms with Gasteiger partial charge in [-0.15, -0.1) is 11.8 Å². The highest BCUT2D eigenvalue weighted by atomic mass is 32.2. The van der Waals surface area contributed by atoms with Crippen LogP contribution >= 0.6 is 11.8 Å². The molecule has 2 aliphatic rings. The van der Waals surface area contributed by atoms with E-state index in [-0.39, 0.29) is 23.1 Å². The molecule has 4 rings (SSSR count). The Morgan fingerprint density at radius 2 is 1.89 bits per heavy atom. The summed E-state index contributed by atoms with van der Waals surface area (Å²) in [5.74, 6) is 0.850. The zero-order chi connectivity index (χ0) is 18.8. The first kappa shape index (κ1) is 18.1. The van der Waals surface area contributed by atoms with E-state index >= 15 is 0 Å². The maximum absolute atomic E-state index is 12.5. The number of carbonyl (C=O) groups excluding carboxylic acids is 2. The van der Waals surface area contributed by atoms with E-state index in [4.69, 9.17) is 0 Å². The van der Waals surface area contributed by atoms with E-state index in [9.17, 15) is 9.59 Å². The number of hydrogen-bond acceptors (Lipinski definition) is 3. The van der Waals surface area contributed by atoms with Crippen LogP contribution in [0.15, 0.2) is 48.5 Å². The second kappa shape index (κ2) is 7.77. The van der Waals surface area contributed by atoms with E-state index < -0.39 is 0 Å². The molecule has 2 fully saturated rings. The summed E-state index contributed by atoms with van der Waals surface area (Å²) in [7, 11) is 0. The molecule has 4 nitrogen and oxygen atoms in total. The first-order chi connectivity index (χ1) is 13.1. The molecule has 0 bridgehead atoms. The summed E-state index contributed by atoms with van der Waals surface area (Å²) in [5, 5.41) is 3.00. The predicted molar refractivity (Wildman–Crippen MR) is 111 cm³/mol. The Hall–Kier alpha value is -2.27. The zero-order valence-corrected chi connectivity index (χ0v) is 16.3. The Balaban J connectivity index is 1.57. The predicted octanol–water partition coefficient (Wildman–Crippen LogP) is 4.90. The number of thioether (sulfide) groups is 1. The van der Waals surface area contributed by atoms with Crippen LogP contribution in [0.1, 0.15) is 42.2 Å². The monoisotopic (exact) mass is 380 g/mol. The number of amides is 2. The van der Waals surface area contributed by atoms with Crippen molar-refractivity contribution in [1.29, 1.82) is 0 Å². The van der Waals surface area contributed by atoms with Crippen LogP contribution in [-0.4, -0.2) is 17.6 Å². The summed E-state index contributed by atoms with van der Waals surface area (Å²) in [4.78, 5) is 26.9. The average Bonchev–Trinajstić information content (AvgIpc) is 3.32. The number of hydrogen-bond donors (Lipinski definition) is 1. The van der Waals surface area contributed by atoms with Crippen molar-refractivity contribution in [3.8, 4) is 0 Å². The van der Waals surface area contributed by atoms with Crippen molar-refractivity contribution >= 4 is 35.0 Å². The zero-order valence-electron chi connectivity index (χ0n) is 15.5. The molecule has 1 atom stereocenters. The second-order valence-corrected chi connectivity index (χ2v) is 8.43. The van der Waals surface area contributed by atoms with Gasteiger partial charge in [0.05, 0.1) is 5.75 Å². The van der Waals surface area contributed by atoms with Gasteiger partial charge in [-0.05, 0) is 55.2 Å². The number of anilines is 2. The summed E-state index contributed by atoms with van der Waals surface area (Å²) < 4.78 is 0. The van der Waals surface area contributed by atoms with Crippen LogP contribution in [0.25, 0.3) is 0 Å². The number of rotatable bonds is 4. The van der Waals surface area contributed by atoms with Crippen molar-refractivity contribution < 1.29 is 9.59 Å². The molecule has 1 aliphatic carbocycles. The topological polar surface area (TPSA) is 49.4 Å². The number of nitrogens with zero attached hydrogens (tertiary/aromatic N) is 1. The van der Waals surface area contributed by atoms with Crippen molar-refractivity contribution in [2.45, 2.75) is 38.0 Å². The van der Waals surface area contributed by atoms with Gasteiger partial charge in [-0.1, -0.05) is 37.1 Å². The molecule has 5 heteroatoms. The number of nitrogens with one attached hydrogen (secondary N) is 1. The Morgan fingerprint density at radius 3 is 2.67 bits per heavy atom. The quantitative estimate of drug-likeness (QED) is 0.820. The molecule has 0 aromatic heterocycles. The Bertz CT molecular complexity index is 861. The van der Waals surface area contributed by atoms with E-state index in [1.54, 1.807) is 11.8 Å². The maximum atomic E-state index is 12.5. The van der Waals surface area contributed by atoms with Crippen molar-refractivity contribution in [1.82, 2.24) is 0 Å². The lowest BCUT2D eigenvalue weighted by atomic mass is 10.1. The van der Waals surface area contributed by atoms with Gasteiger partial charge < -0.3 is 5.32 Å². The molecule has 1 heterocycles. The molecule has 1 aliphatic heterocycles. The smallest absolute Gasteiger partial charge is 0.238 e. The number of aryl methyl sites for hydroxylation is 1. The molecule has 1 N–H and O–H groups in total. The molecule has 2 amide bonds. The normalized spacial score (nSPS) is 20.3. The van der Waals surface area contributed by atoms with Crippen LogP contribution < -0.4 is 10.2 Å². The van der Waals surface area contributed by atoms with Crippen LogP contribution in [0.4, 0.5) is 11.4 Å². The summed E-state index contributed by atoms with van der Waals surface area (Å²) in [6.07, 6.45) is 4.26. The van der Waals surface area contributed by atoms with Gasteiger partial charge in [0.2, 0.25) is 11.8 Å². The molecule has 2 aromatic carbocycles. The molecule has 1 saturated carbocycles. The van der Waals surface area contributed by atoms with E-state index in [0.717, 1.165) is 48.2 Å². The van der Waals surface area contributed by atoms with Gasteiger partial charge in [-0.3, -0.25) is 14.5 Å². The molecule has 140 valence electrons. The first-order valence-electron chi connectivity index (χ1n) is 9.53. The van der Waals surface area contributed by atoms with Crippen LogP contribution in [0.2, 0.25) is 0 Å². The summed E-state index contributed by atoms with van der Waals surface area (Å²) >= 11 is 1.63. The van der Waals surface area contributed by atoms with Crippen LogP contribution in [0.5, 0.6) is 0 Å². The SMILES string of the molecule is Cc1cccc(N2C(=O)CS[C@H]2c2cccc(NC(=O)C3CCCC3)c2)c1. The van der Waals surface area contributed by atoms with E-state index in [1.807, 2.05) is 60.4 Å². The van der Waals surface area contributed by atoms with Crippen molar-refractivity contribution in [3.05, 3.63) is 59.7 Å². The second-order valence-electron chi connectivity index (χ2n) is 7.36. The minimum absolute atomic E-state index is 0.0670. The van der Waals surface area contributed by atoms with Gasteiger partial charge in [0.15, 0.2) is 0 Å². The van der Waals surface area contributed by atoms with E-state index in [2.05, 4.69) is 5.32 Å². The molecule has 0 spiro atoms. The highest BCUT2D eigenvalue weighted by Crippen LogP contribution is 2.42. The molecule has 27 heavy (non-hydrogen) atoms. The lowest BCUT2D eigenvalue weighted by Crippen LogP contribution is -2.28. The van der Waals surface area contributed by atoms with Gasteiger partial charge in [-0.2, -0.15) is 0 Å². The molecule has 1 saturated heterocycles. The van der Waals surface area contributed by atoms with Crippen molar-refractivity contribution in [3.63, 3.8) is 0 Å². The van der Waals surface area contributed by atoms with Crippen LogP contribution in [-0.2, 0) is 9.59 Å². The minimum Gasteiger partial charge on any atom is -0.326 e. The van der Waals surface area contributed by atoms with Crippen molar-refractivity contribution in [2.24, 2.45) is 5.92 Å². The molecule has 0 radical (unpaired) electrons. The van der Waals surface area contributed by atoms with E-state index in [0.29, 0.717) is 5.75 Å². The van der Waals surface area contributed by atoms with Gasteiger partial charge in [0.25, 0.3) is 0 Å². The fourth-order valence-corrected chi connectivity index (χ4v) is 5.10. The third kappa shape index (κ3) is 3.88. The third-order valence-electron chi connectivity index (χ3n) is 5.31. The summed E-state index contributed by atoms with van der Waals surface area (Å²) in [5.41, 5.74) is 3.91. The highest BCUT2D eigenvalue weighted by molar-refractivity contribution is 8.00. The molecule has 2 aromatic rings. The van der Waals surface area contributed by atoms with Crippen molar-refractivity contribution in [2.75, 3.05) is 16.0 Å². The largest absolute Gasteiger partial charge is 0.326 e. The lowest BCUT2D eigenvalue weighted by molar-refractivity contribution is -0.119. The number of carbonyl (C=O) groups is 2. The third-order valence-corrected chi connectivity index (χ3v) is 6.53. The molecular weight excluding hydrogens is 356 g/mol. The van der Waals surface area contributed by atoms with Crippen LogP contribution in [0.3, 0.4) is 0 Å². The molecular formula is C22H24N2O2S. The standard InChI is InChI=1S/C22H24N2O2S/c1-15-6-4-11-19(12-15)24-20(25)14-27-22(24)17-9-5-10-18(13-17)23-21(26)16-7-2-3-8-16/h4-6,9-13,16,22H,2-3,7-8,14H2,1H3,(H,23,26)/t22-/m0/s1.